The van der Waals surface area contributed by atoms with Gasteiger partial charge in [-0.2, -0.15) is 0 Å². The molecule has 0 heterocycles. The number of rotatable bonds is 9. The van der Waals surface area contributed by atoms with Crippen molar-refractivity contribution in [3.05, 3.63) is 59.7 Å². The SMILES string of the molecule is CCOC(=O)CN(Cc1ccccc1)Cc1ccc(OC)cc1OC. The minimum Gasteiger partial charge on any atom is -0.497 e. The highest BCUT2D eigenvalue weighted by atomic mass is 16.5. The predicted molar refractivity (Wildman–Crippen MR) is 96.7 cm³/mol. The molecular weight excluding hydrogens is 318 g/mol. The topological polar surface area (TPSA) is 48.0 Å². The van der Waals surface area contributed by atoms with E-state index in [2.05, 4.69) is 0 Å². The molecule has 0 unspecified atom stereocenters. The predicted octanol–water partition coefficient (Wildman–Crippen LogP) is 3.27. The molecule has 2 aromatic rings. The fraction of sp³-hybridized carbons (Fsp3) is 0.350. The van der Waals surface area contributed by atoms with Crippen LogP contribution >= 0.6 is 0 Å². The maximum atomic E-state index is 12.0. The van der Waals surface area contributed by atoms with E-state index in [4.69, 9.17) is 14.2 Å². The fourth-order valence-corrected chi connectivity index (χ4v) is 2.62. The van der Waals surface area contributed by atoms with Crippen molar-refractivity contribution in [3.63, 3.8) is 0 Å². The van der Waals surface area contributed by atoms with Crippen molar-refractivity contribution in [3.8, 4) is 11.5 Å². The van der Waals surface area contributed by atoms with E-state index in [1.165, 1.54) is 0 Å². The van der Waals surface area contributed by atoms with Gasteiger partial charge in [-0.1, -0.05) is 36.4 Å². The Labute approximate surface area is 149 Å². The molecule has 0 atom stereocenters. The maximum Gasteiger partial charge on any atom is 0.320 e. The van der Waals surface area contributed by atoms with Crippen LogP contribution in [-0.2, 0) is 22.6 Å². The summed E-state index contributed by atoms with van der Waals surface area (Å²) in [6.07, 6.45) is 0. The van der Waals surface area contributed by atoms with E-state index in [1.807, 2.05) is 60.4 Å². The van der Waals surface area contributed by atoms with Crippen LogP contribution in [0.4, 0.5) is 0 Å². The highest BCUT2D eigenvalue weighted by molar-refractivity contribution is 5.71. The van der Waals surface area contributed by atoms with Crippen molar-refractivity contribution in [2.45, 2.75) is 20.0 Å². The monoisotopic (exact) mass is 343 g/mol. The number of esters is 1. The molecule has 134 valence electrons. The highest BCUT2D eigenvalue weighted by Crippen LogP contribution is 2.26. The smallest absolute Gasteiger partial charge is 0.320 e. The van der Waals surface area contributed by atoms with Crippen LogP contribution in [0.25, 0.3) is 0 Å². The average molecular weight is 343 g/mol. The van der Waals surface area contributed by atoms with Gasteiger partial charge in [0.05, 0.1) is 27.4 Å². The van der Waals surface area contributed by atoms with Gasteiger partial charge in [-0.25, -0.2) is 0 Å². The first-order chi connectivity index (χ1) is 12.2. The molecule has 2 aromatic carbocycles. The number of ether oxygens (including phenoxy) is 3. The molecular formula is C20H25NO4. The standard InChI is InChI=1S/C20H25NO4/c1-4-25-20(22)15-21(13-16-8-6-5-7-9-16)14-17-10-11-18(23-2)12-19(17)24-3/h5-12H,4,13-15H2,1-3H3. The van der Waals surface area contributed by atoms with Crippen LogP contribution in [-0.4, -0.2) is 38.2 Å². The summed E-state index contributed by atoms with van der Waals surface area (Å²) < 4.78 is 15.8. The minimum absolute atomic E-state index is 0.220. The van der Waals surface area contributed by atoms with Gasteiger partial charge in [0.25, 0.3) is 0 Å². The Balaban J connectivity index is 2.18. The number of hydrogen-bond donors (Lipinski definition) is 0. The zero-order valence-electron chi connectivity index (χ0n) is 15.0. The molecule has 0 fully saturated rings. The Morgan fingerprint density at radius 3 is 2.40 bits per heavy atom. The summed E-state index contributed by atoms with van der Waals surface area (Å²) in [6.45, 7) is 3.63. The molecule has 2 rings (SSSR count). The second-order valence-corrected chi connectivity index (χ2v) is 5.61. The van der Waals surface area contributed by atoms with Crippen LogP contribution in [0.1, 0.15) is 18.1 Å². The molecule has 0 radical (unpaired) electrons. The highest BCUT2D eigenvalue weighted by Gasteiger charge is 2.15. The van der Waals surface area contributed by atoms with Gasteiger partial charge in [0.1, 0.15) is 11.5 Å². The van der Waals surface area contributed by atoms with Crippen LogP contribution in [0.3, 0.4) is 0 Å². The fourth-order valence-electron chi connectivity index (χ4n) is 2.62. The van der Waals surface area contributed by atoms with E-state index >= 15 is 0 Å². The van der Waals surface area contributed by atoms with Crippen molar-refractivity contribution in [1.29, 1.82) is 0 Å². The van der Waals surface area contributed by atoms with E-state index in [9.17, 15) is 4.79 Å². The third kappa shape index (κ3) is 5.80. The molecule has 5 heteroatoms. The Morgan fingerprint density at radius 1 is 1.00 bits per heavy atom. The van der Waals surface area contributed by atoms with Gasteiger partial charge < -0.3 is 14.2 Å². The lowest BCUT2D eigenvalue weighted by Gasteiger charge is -2.23. The average Bonchev–Trinajstić information content (AvgIpc) is 2.63. The number of carbonyl (C=O) groups is 1. The van der Waals surface area contributed by atoms with Crippen molar-refractivity contribution < 1.29 is 19.0 Å². The lowest BCUT2D eigenvalue weighted by Crippen LogP contribution is -2.30. The molecule has 0 aliphatic carbocycles. The minimum atomic E-state index is -0.231. The lowest BCUT2D eigenvalue weighted by molar-refractivity contribution is -0.144. The van der Waals surface area contributed by atoms with Gasteiger partial charge >= 0.3 is 5.97 Å². The van der Waals surface area contributed by atoms with E-state index in [0.29, 0.717) is 19.7 Å². The Kier molecular flexibility index (Phi) is 7.29. The first-order valence-electron chi connectivity index (χ1n) is 8.29. The van der Waals surface area contributed by atoms with Gasteiger partial charge in [-0.05, 0) is 18.6 Å². The molecule has 5 nitrogen and oxygen atoms in total. The Morgan fingerprint density at radius 2 is 1.76 bits per heavy atom. The lowest BCUT2D eigenvalue weighted by atomic mass is 10.1. The molecule has 0 spiro atoms. The van der Waals surface area contributed by atoms with Crippen LogP contribution in [0.5, 0.6) is 11.5 Å². The number of methoxy groups -OCH3 is 2. The second kappa shape index (κ2) is 9.69. The number of hydrogen-bond acceptors (Lipinski definition) is 5. The Hall–Kier alpha value is -2.53. The van der Waals surface area contributed by atoms with Gasteiger partial charge in [0, 0.05) is 24.7 Å². The molecule has 0 saturated carbocycles. The summed E-state index contributed by atoms with van der Waals surface area (Å²) in [5, 5.41) is 0. The van der Waals surface area contributed by atoms with Gasteiger partial charge in [0.15, 0.2) is 0 Å². The third-order valence-corrected chi connectivity index (χ3v) is 3.80. The van der Waals surface area contributed by atoms with E-state index in [1.54, 1.807) is 14.2 Å². The first-order valence-corrected chi connectivity index (χ1v) is 8.29. The van der Waals surface area contributed by atoms with Gasteiger partial charge in [-0.3, -0.25) is 9.69 Å². The Bertz CT molecular complexity index is 673. The van der Waals surface area contributed by atoms with E-state index in [0.717, 1.165) is 22.6 Å². The van der Waals surface area contributed by atoms with Gasteiger partial charge in [0.2, 0.25) is 0 Å². The molecule has 0 N–H and O–H groups in total. The molecule has 0 bridgehead atoms. The summed E-state index contributed by atoms with van der Waals surface area (Å²) in [6, 6.07) is 15.8. The molecule has 0 aliphatic rings. The normalized spacial score (nSPS) is 10.6. The van der Waals surface area contributed by atoms with Crippen molar-refractivity contribution in [2.75, 3.05) is 27.4 Å². The maximum absolute atomic E-state index is 12.0. The van der Waals surface area contributed by atoms with Crippen molar-refractivity contribution in [1.82, 2.24) is 4.90 Å². The van der Waals surface area contributed by atoms with Crippen molar-refractivity contribution in [2.24, 2.45) is 0 Å². The molecule has 0 aliphatic heterocycles. The number of carbonyl (C=O) groups excluding carboxylic acids is 1. The quantitative estimate of drug-likeness (QED) is 0.654. The molecule has 0 amide bonds. The van der Waals surface area contributed by atoms with E-state index in [-0.39, 0.29) is 12.5 Å². The largest absolute Gasteiger partial charge is 0.497 e. The summed E-state index contributed by atoms with van der Waals surface area (Å²) >= 11 is 0. The summed E-state index contributed by atoms with van der Waals surface area (Å²) in [7, 11) is 3.25. The third-order valence-electron chi connectivity index (χ3n) is 3.80. The molecule has 25 heavy (non-hydrogen) atoms. The van der Waals surface area contributed by atoms with E-state index < -0.39 is 0 Å². The zero-order chi connectivity index (χ0) is 18.1. The summed E-state index contributed by atoms with van der Waals surface area (Å²) in [5.74, 6) is 1.24. The summed E-state index contributed by atoms with van der Waals surface area (Å²) in [4.78, 5) is 14.0. The van der Waals surface area contributed by atoms with Gasteiger partial charge in [-0.15, -0.1) is 0 Å². The van der Waals surface area contributed by atoms with Crippen LogP contribution in [0.2, 0.25) is 0 Å². The number of nitrogens with zero attached hydrogens (tertiary/aromatic N) is 1. The van der Waals surface area contributed by atoms with Crippen LogP contribution in [0, 0.1) is 0 Å². The van der Waals surface area contributed by atoms with Crippen LogP contribution in [0.15, 0.2) is 48.5 Å². The van der Waals surface area contributed by atoms with Crippen LogP contribution < -0.4 is 9.47 Å². The first kappa shape index (κ1) is 18.8. The number of benzene rings is 2. The summed E-state index contributed by atoms with van der Waals surface area (Å²) in [5.41, 5.74) is 2.13. The molecule has 0 aromatic heterocycles. The second-order valence-electron chi connectivity index (χ2n) is 5.61. The zero-order valence-corrected chi connectivity index (χ0v) is 15.0. The van der Waals surface area contributed by atoms with Crippen molar-refractivity contribution >= 4 is 5.97 Å². The molecule has 0 saturated heterocycles.